The molecule has 0 radical (unpaired) electrons. The summed E-state index contributed by atoms with van der Waals surface area (Å²) in [6.45, 7) is 4.38. The Morgan fingerprint density at radius 1 is 0.722 bits per heavy atom. The minimum absolute atomic E-state index is 0.206. The number of hydrogen-bond donors (Lipinski definition) is 0. The SMILES string of the molecule is C[CH](C)[Sb]([c]1ccc(F)cc1)[c]1ccc(F)cc1. The molecule has 94 valence electrons. The molecule has 0 amide bonds. The fourth-order valence-corrected chi connectivity index (χ4v) is 8.89. The van der Waals surface area contributed by atoms with Crippen molar-refractivity contribution < 1.29 is 8.78 Å². The van der Waals surface area contributed by atoms with Crippen molar-refractivity contribution in [3.8, 4) is 0 Å². The summed E-state index contributed by atoms with van der Waals surface area (Å²) in [5.41, 5.74) is 0. The van der Waals surface area contributed by atoms with Crippen LogP contribution in [-0.2, 0) is 0 Å². The van der Waals surface area contributed by atoms with Crippen LogP contribution in [0, 0.1) is 11.6 Å². The van der Waals surface area contributed by atoms with Gasteiger partial charge in [0.2, 0.25) is 0 Å². The average molecular weight is 355 g/mol. The topological polar surface area (TPSA) is 0 Å². The van der Waals surface area contributed by atoms with Gasteiger partial charge in [-0.3, -0.25) is 0 Å². The Balaban J connectivity index is 2.39. The van der Waals surface area contributed by atoms with E-state index in [-0.39, 0.29) is 11.6 Å². The Hall–Kier alpha value is -0.882. The molecule has 2 aromatic rings. The molecule has 0 unspecified atom stereocenters. The number of benzene rings is 2. The zero-order chi connectivity index (χ0) is 13.1. The van der Waals surface area contributed by atoms with Crippen LogP contribution in [0.4, 0.5) is 8.78 Å². The van der Waals surface area contributed by atoms with Crippen LogP contribution in [0.3, 0.4) is 0 Å². The molecule has 0 atom stereocenters. The van der Waals surface area contributed by atoms with Gasteiger partial charge in [-0.2, -0.15) is 0 Å². The van der Waals surface area contributed by atoms with E-state index in [2.05, 4.69) is 13.8 Å². The minimum atomic E-state index is -1.90. The van der Waals surface area contributed by atoms with Gasteiger partial charge in [0.15, 0.2) is 0 Å². The fourth-order valence-electron chi connectivity index (χ4n) is 1.95. The molecule has 0 aliphatic rings. The maximum absolute atomic E-state index is 13.0. The van der Waals surface area contributed by atoms with Crippen LogP contribution in [0.1, 0.15) is 13.8 Å². The Kier molecular flexibility index (Phi) is 4.39. The van der Waals surface area contributed by atoms with Crippen LogP contribution in [0.5, 0.6) is 0 Å². The fraction of sp³-hybridized carbons (Fsp3) is 0.200. The van der Waals surface area contributed by atoms with Crippen LogP contribution < -0.4 is 7.02 Å². The number of halogens is 2. The molecule has 0 saturated heterocycles. The van der Waals surface area contributed by atoms with Gasteiger partial charge < -0.3 is 0 Å². The van der Waals surface area contributed by atoms with Crippen LogP contribution in [0.25, 0.3) is 0 Å². The average Bonchev–Trinajstić information content (AvgIpc) is 2.34. The van der Waals surface area contributed by atoms with Crippen LogP contribution >= 0.6 is 0 Å². The molecule has 2 aromatic carbocycles. The second kappa shape index (κ2) is 5.84. The van der Waals surface area contributed by atoms with Gasteiger partial charge in [-0.15, -0.1) is 0 Å². The normalized spacial score (nSPS) is 11.2. The third-order valence-corrected chi connectivity index (χ3v) is 10.6. The molecule has 2 rings (SSSR count). The van der Waals surface area contributed by atoms with Gasteiger partial charge >= 0.3 is 114 Å². The predicted molar refractivity (Wildman–Crippen MR) is 72.9 cm³/mol. The maximum atomic E-state index is 13.0. The van der Waals surface area contributed by atoms with E-state index in [1.54, 1.807) is 0 Å². The Morgan fingerprint density at radius 3 is 1.33 bits per heavy atom. The second-order valence-corrected chi connectivity index (χ2v) is 12.4. The Morgan fingerprint density at radius 2 is 1.06 bits per heavy atom. The van der Waals surface area contributed by atoms with Crippen molar-refractivity contribution in [1.82, 2.24) is 0 Å². The monoisotopic (exact) mass is 354 g/mol. The van der Waals surface area contributed by atoms with E-state index in [4.69, 9.17) is 0 Å². The molecule has 0 spiro atoms. The molecule has 0 aromatic heterocycles. The van der Waals surface area contributed by atoms with Gasteiger partial charge in [-0.1, -0.05) is 0 Å². The van der Waals surface area contributed by atoms with Gasteiger partial charge in [-0.25, -0.2) is 0 Å². The van der Waals surface area contributed by atoms with Crippen molar-refractivity contribution in [2.45, 2.75) is 17.7 Å². The first-order chi connectivity index (χ1) is 8.58. The molecule has 0 aliphatic heterocycles. The molecule has 0 fully saturated rings. The van der Waals surface area contributed by atoms with Gasteiger partial charge in [0.25, 0.3) is 0 Å². The molecule has 3 heteroatoms. The van der Waals surface area contributed by atoms with E-state index in [1.165, 1.54) is 31.3 Å². The summed E-state index contributed by atoms with van der Waals surface area (Å²) in [6.07, 6.45) is 0. The Bertz CT molecular complexity index is 458. The quantitative estimate of drug-likeness (QED) is 0.743. The molecule has 0 saturated carbocycles. The van der Waals surface area contributed by atoms with Gasteiger partial charge in [-0.05, 0) is 0 Å². The van der Waals surface area contributed by atoms with Crippen molar-refractivity contribution in [1.29, 1.82) is 0 Å². The van der Waals surface area contributed by atoms with E-state index in [0.717, 1.165) is 0 Å². The first-order valence-corrected chi connectivity index (χ1v) is 9.91. The van der Waals surface area contributed by atoms with Crippen molar-refractivity contribution in [3.63, 3.8) is 0 Å². The molecular weight excluding hydrogens is 340 g/mol. The number of rotatable bonds is 3. The predicted octanol–water partition coefficient (Wildman–Crippen LogP) is 2.98. The molecule has 0 bridgehead atoms. The van der Waals surface area contributed by atoms with E-state index < -0.39 is 20.2 Å². The van der Waals surface area contributed by atoms with Crippen LogP contribution in [0.15, 0.2) is 48.5 Å². The molecule has 0 N–H and O–H groups in total. The molecule has 18 heavy (non-hydrogen) atoms. The van der Waals surface area contributed by atoms with Gasteiger partial charge in [0.1, 0.15) is 0 Å². The molecule has 0 nitrogen and oxygen atoms in total. The Labute approximate surface area is 114 Å². The standard InChI is InChI=1S/2C6H4F.C3H7.Sb/c2*7-6-4-2-1-3-5-6;1-3-2;/h2*2-5H;3H,1-2H3;. The van der Waals surface area contributed by atoms with E-state index in [0.29, 0.717) is 3.86 Å². The summed E-state index contributed by atoms with van der Waals surface area (Å²) in [6, 6.07) is 13.6. The molecular formula is C15H15F2Sb. The van der Waals surface area contributed by atoms with Crippen LogP contribution in [-0.4, -0.2) is 20.2 Å². The summed E-state index contributed by atoms with van der Waals surface area (Å²) >= 11 is -1.90. The zero-order valence-corrected chi connectivity index (χ0v) is 13.0. The summed E-state index contributed by atoms with van der Waals surface area (Å²) < 4.78 is 29.0. The molecule has 0 aliphatic carbocycles. The van der Waals surface area contributed by atoms with Crippen LogP contribution in [0.2, 0.25) is 3.86 Å². The first-order valence-electron chi connectivity index (χ1n) is 5.88. The van der Waals surface area contributed by atoms with E-state index in [9.17, 15) is 8.78 Å². The second-order valence-electron chi connectivity index (χ2n) is 4.42. The third-order valence-electron chi connectivity index (χ3n) is 2.73. The third kappa shape index (κ3) is 3.11. The van der Waals surface area contributed by atoms with Crippen molar-refractivity contribution in [2.24, 2.45) is 0 Å². The van der Waals surface area contributed by atoms with Crippen molar-refractivity contribution in [2.75, 3.05) is 0 Å². The summed E-state index contributed by atoms with van der Waals surface area (Å²) in [5, 5.41) is 0. The molecule has 0 heterocycles. The summed E-state index contributed by atoms with van der Waals surface area (Å²) in [5.74, 6) is -0.413. The van der Waals surface area contributed by atoms with E-state index in [1.807, 2.05) is 24.3 Å². The van der Waals surface area contributed by atoms with Crippen molar-refractivity contribution >= 4 is 27.2 Å². The van der Waals surface area contributed by atoms with Gasteiger partial charge in [0, 0.05) is 0 Å². The number of hydrogen-bond acceptors (Lipinski definition) is 0. The first kappa shape index (κ1) is 13.5. The summed E-state index contributed by atoms with van der Waals surface area (Å²) in [7, 11) is 0. The van der Waals surface area contributed by atoms with Gasteiger partial charge in [0.05, 0.1) is 0 Å². The van der Waals surface area contributed by atoms with Crippen molar-refractivity contribution in [3.05, 3.63) is 60.2 Å². The van der Waals surface area contributed by atoms with E-state index >= 15 is 0 Å². The zero-order valence-electron chi connectivity index (χ0n) is 10.4. The summed E-state index contributed by atoms with van der Waals surface area (Å²) in [4.78, 5) is 0.